The molecule has 0 radical (unpaired) electrons. The van der Waals surface area contributed by atoms with E-state index in [1.165, 1.54) is 11.8 Å². The van der Waals surface area contributed by atoms with Crippen LogP contribution in [0.15, 0.2) is 0 Å². The largest absolute Gasteiger partial charge is 0.480 e. The highest BCUT2D eigenvalue weighted by molar-refractivity contribution is 7.98. The van der Waals surface area contributed by atoms with Gasteiger partial charge in [0, 0.05) is 19.0 Å². The summed E-state index contributed by atoms with van der Waals surface area (Å²) >= 11 is 3.12. The van der Waals surface area contributed by atoms with Crippen LogP contribution in [0.3, 0.4) is 0 Å². The van der Waals surface area contributed by atoms with Crippen LogP contribution in [0.4, 0.5) is 4.79 Å². The maximum absolute atomic E-state index is 13.0. The van der Waals surface area contributed by atoms with Gasteiger partial charge in [-0.15, -0.1) is 0 Å². The number of carboxylic acids is 1. The molecular weight excluding hydrogens is 454 g/mol. The molecule has 0 unspecified atom stereocenters. The zero-order chi connectivity index (χ0) is 24.3. The topological polar surface area (TPSA) is 125 Å². The number of hydrogen-bond donors (Lipinski definition) is 3. The number of carboxylic acid groups (broad SMARTS) is 1. The molecule has 3 amide bonds. The SMILES string of the molecule is CSCC[C@H](NC(=O)C1CCN(C(=O)[C@H](CCSC)NC(=O)OC(C)(C)C)CC1)C(=O)O. The van der Waals surface area contributed by atoms with Crippen LogP contribution < -0.4 is 10.6 Å². The molecule has 1 saturated heterocycles. The molecular formula is C21H37N3O6S2. The van der Waals surface area contributed by atoms with Crippen LogP contribution >= 0.6 is 23.5 Å². The molecule has 1 aliphatic heterocycles. The first kappa shape index (κ1) is 28.4. The van der Waals surface area contributed by atoms with Gasteiger partial charge >= 0.3 is 12.1 Å². The summed E-state index contributed by atoms with van der Waals surface area (Å²) in [4.78, 5) is 50.8. The van der Waals surface area contributed by atoms with Crippen LogP contribution in [0.1, 0.15) is 46.5 Å². The Morgan fingerprint density at radius 1 is 1.00 bits per heavy atom. The van der Waals surface area contributed by atoms with E-state index in [2.05, 4.69) is 10.6 Å². The zero-order valence-electron chi connectivity index (χ0n) is 19.6. The standard InChI is InChI=1S/C21H37N3O6S2/c1-21(2,3)30-20(29)23-15(8-12-31-4)18(26)24-10-6-14(7-11-24)17(25)22-16(19(27)28)9-13-32-5/h14-16H,6-13H2,1-5H3,(H,22,25)(H,23,29)(H,27,28)/t15-,16-/m0/s1. The minimum atomic E-state index is -1.04. The average molecular weight is 492 g/mol. The number of piperidine rings is 1. The summed E-state index contributed by atoms with van der Waals surface area (Å²) in [6.07, 6.45) is 4.95. The minimum Gasteiger partial charge on any atom is -0.480 e. The fraction of sp³-hybridized carbons (Fsp3) is 0.810. The van der Waals surface area contributed by atoms with Crippen molar-refractivity contribution in [1.29, 1.82) is 0 Å². The highest BCUT2D eigenvalue weighted by Crippen LogP contribution is 2.20. The van der Waals surface area contributed by atoms with E-state index in [1.807, 2.05) is 12.5 Å². The third kappa shape index (κ3) is 10.3. The van der Waals surface area contributed by atoms with Gasteiger partial charge in [-0.25, -0.2) is 9.59 Å². The Labute approximate surface area is 199 Å². The molecule has 0 spiro atoms. The number of amides is 3. The van der Waals surface area contributed by atoms with Gasteiger partial charge in [0.1, 0.15) is 17.7 Å². The number of nitrogens with one attached hydrogen (secondary N) is 2. The Bertz CT molecular complexity index is 648. The lowest BCUT2D eigenvalue weighted by Crippen LogP contribution is -2.53. The molecule has 184 valence electrons. The fourth-order valence-corrected chi connectivity index (χ4v) is 4.25. The lowest BCUT2D eigenvalue weighted by Gasteiger charge is -2.34. The van der Waals surface area contributed by atoms with Gasteiger partial charge in [-0.2, -0.15) is 23.5 Å². The Morgan fingerprint density at radius 3 is 2.00 bits per heavy atom. The average Bonchev–Trinajstić information content (AvgIpc) is 2.72. The van der Waals surface area contributed by atoms with Crippen LogP contribution in [0.5, 0.6) is 0 Å². The van der Waals surface area contributed by atoms with Gasteiger partial charge in [-0.05, 0) is 70.5 Å². The van der Waals surface area contributed by atoms with Crippen molar-refractivity contribution in [1.82, 2.24) is 15.5 Å². The van der Waals surface area contributed by atoms with Gasteiger partial charge in [-0.3, -0.25) is 9.59 Å². The van der Waals surface area contributed by atoms with Gasteiger partial charge in [-0.1, -0.05) is 0 Å². The molecule has 11 heteroatoms. The molecule has 0 aliphatic carbocycles. The molecule has 0 aromatic carbocycles. The van der Waals surface area contributed by atoms with Gasteiger partial charge in [0.25, 0.3) is 0 Å². The van der Waals surface area contributed by atoms with E-state index < -0.39 is 29.7 Å². The van der Waals surface area contributed by atoms with Gasteiger partial charge < -0.3 is 25.4 Å². The Hall–Kier alpha value is -1.62. The van der Waals surface area contributed by atoms with E-state index in [4.69, 9.17) is 4.74 Å². The second-order valence-corrected chi connectivity index (χ2v) is 10.7. The van der Waals surface area contributed by atoms with E-state index in [0.29, 0.717) is 50.3 Å². The molecule has 1 heterocycles. The summed E-state index contributed by atoms with van der Waals surface area (Å²) in [5.41, 5.74) is -0.660. The second kappa shape index (κ2) is 13.8. The first-order chi connectivity index (χ1) is 15.0. The molecule has 32 heavy (non-hydrogen) atoms. The molecule has 1 aliphatic rings. The number of nitrogens with zero attached hydrogens (tertiary/aromatic N) is 1. The number of carbonyl (C=O) groups excluding carboxylic acids is 3. The van der Waals surface area contributed by atoms with E-state index in [1.54, 1.807) is 37.4 Å². The maximum atomic E-state index is 13.0. The van der Waals surface area contributed by atoms with Gasteiger partial charge in [0.05, 0.1) is 0 Å². The van der Waals surface area contributed by atoms with Crippen molar-refractivity contribution >= 4 is 47.4 Å². The summed E-state index contributed by atoms with van der Waals surface area (Å²) in [6.45, 7) is 6.04. The first-order valence-corrected chi connectivity index (χ1v) is 13.6. The van der Waals surface area contributed by atoms with Crippen molar-refractivity contribution in [2.75, 3.05) is 37.1 Å². The van der Waals surface area contributed by atoms with E-state index >= 15 is 0 Å². The summed E-state index contributed by atoms with van der Waals surface area (Å²) in [7, 11) is 0. The van der Waals surface area contributed by atoms with Crippen molar-refractivity contribution < 1.29 is 29.0 Å². The Morgan fingerprint density at radius 2 is 1.53 bits per heavy atom. The molecule has 0 bridgehead atoms. The molecule has 3 N–H and O–H groups in total. The predicted molar refractivity (Wildman–Crippen MR) is 128 cm³/mol. The predicted octanol–water partition coefficient (Wildman–Crippen LogP) is 2.19. The third-order valence-electron chi connectivity index (χ3n) is 5.00. The number of aliphatic carboxylic acids is 1. The van der Waals surface area contributed by atoms with Crippen molar-refractivity contribution in [3.05, 3.63) is 0 Å². The monoisotopic (exact) mass is 491 g/mol. The first-order valence-electron chi connectivity index (χ1n) is 10.8. The highest BCUT2D eigenvalue weighted by Gasteiger charge is 2.33. The quantitative estimate of drug-likeness (QED) is 0.402. The molecule has 1 rings (SSSR count). The number of hydrogen-bond acceptors (Lipinski definition) is 7. The van der Waals surface area contributed by atoms with Crippen molar-refractivity contribution in [3.63, 3.8) is 0 Å². The smallest absolute Gasteiger partial charge is 0.408 e. The molecule has 0 saturated carbocycles. The lowest BCUT2D eigenvalue weighted by molar-refractivity contribution is -0.143. The van der Waals surface area contributed by atoms with Crippen molar-refractivity contribution in [2.45, 2.75) is 64.1 Å². The molecule has 0 aromatic rings. The molecule has 9 nitrogen and oxygen atoms in total. The van der Waals surface area contributed by atoms with Gasteiger partial charge in [0.15, 0.2) is 0 Å². The number of alkyl carbamates (subject to hydrolysis) is 1. The van der Waals surface area contributed by atoms with E-state index in [-0.39, 0.29) is 17.7 Å². The third-order valence-corrected chi connectivity index (χ3v) is 6.29. The molecule has 0 aromatic heterocycles. The minimum absolute atomic E-state index is 0.188. The number of thioether (sulfide) groups is 2. The number of carbonyl (C=O) groups is 4. The highest BCUT2D eigenvalue weighted by atomic mass is 32.2. The number of ether oxygens (including phenoxy) is 1. The zero-order valence-corrected chi connectivity index (χ0v) is 21.3. The molecule has 2 atom stereocenters. The number of likely N-dealkylation sites (tertiary alicyclic amines) is 1. The lowest BCUT2D eigenvalue weighted by atomic mass is 9.94. The van der Waals surface area contributed by atoms with E-state index in [0.717, 1.165) is 0 Å². The van der Waals surface area contributed by atoms with Crippen molar-refractivity contribution in [2.24, 2.45) is 5.92 Å². The second-order valence-electron chi connectivity index (χ2n) is 8.76. The summed E-state index contributed by atoms with van der Waals surface area (Å²) in [6, 6.07) is -1.59. The maximum Gasteiger partial charge on any atom is 0.408 e. The van der Waals surface area contributed by atoms with Gasteiger partial charge in [0.2, 0.25) is 11.8 Å². The fourth-order valence-electron chi connectivity index (χ4n) is 3.31. The Balaban J connectivity index is 2.65. The summed E-state index contributed by atoms with van der Waals surface area (Å²) in [5.74, 6) is -0.490. The van der Waals surface area contributed by atoms with Crippen LogP contribution in [0, 0.1) is 5.92 Å². The summed E-state index contributed by atoms with van der Waals surface area (Å²) < 4.78 is 5.29. The normalized spacial score (nSPS) is 16.7. The number of rotatable bonds is 11. The molecule has 1 fully saturated rings. The van der Waals surface area contributed by atoms with Crippen molar-refractivity contribution in [3.8, 4) is 0 Å². The van der Waals surface area contributed by atoms with Crippen LogP contribution in [-0.2, 0) is 19.1 Å². The summed E-state index contributed by atoms with van der Waals surface area (Å²) in [5, 5.41) is 14.6. The van der Waals surface area contributed by atoms with E-state index in [9.17, 15) is 24.3 Å². The Kier molecular flexibility index (Phi) is 12.3. The van der Waals surface area contributed by atoms with Crippen LogP contribution in [0.2, 0.25) is 0 Å². The van der Waals surface area contributed by atoms with Crippen LogP contribution in [0.25, 0.3) is 0 Å². The van der Waals surface area contributed by atoms with Crippen LogP contribution in [-0.4, -0.2) is 88.7 Å².